The first-order chi connectivity index (χ1) is 9.62. The molecule has 112 valence electrons. The summed E-state index contributed by atoms with van der Waals surface area (Å²) >= 11 is 0. The summed E-state index contributed by atoms with van der Waals surface area (Å²) < 4.78 is 0. The number of hydrogen-bond donors (Lipinski definition) is 2. The van der Waals surface area contributed by atoms with Crippen LogP contribution in [0, 0.1) is 24.7 Å². The second kappa shape index (κ2) is 19.5. The van der Waals surface area contributed by atoms with E-state index in [1.165, 1.54) is 11.1 Å². The van der Waals surface area contributed by atoms with Gasteiger partial charge in [-0.2, -0.15) is 0 Å². The molecule has 0 spiro atoms. The minimum Gasteiger partial charge on any atom is -0.222 e. The van der Waals surface area contributed by atoms with Crippen LogP contribution in [0.4, 0.5) is 0 Å². The number of hydrogen-bond acceptors (Lipinski definition) is 4. The molecule has 0 saturated heterocycles. The lowest BCUT2D eigenvalue weighted by Crippen LogP contribution is -1.62. The molecule has 0 radical (unpaired) electrons. The fourth-order valence-electron chi connectivity index (χ4n) is 1.07. The van der Waals surface area contributed by atoms with E-state index in [0.717, 1.165) is 12.2 Å². The van der Waals surface area contributed by atoms with Crippen LogP contribution in [0.2, 0.25) is 0 Å². The van der Waals surface area contributed by atoms with Gasteiger partial charge >= 0.3 is 0 Å². The lowest BCUT2D eigenvalue weighted by atomic mass is 10.2. The predicted octanol–water partition coefficient (Wildman–Crippen LogP) is 4.43. The second-order valence-corrected chi connectivity index (χ2v) is 3.51. The van der Waals surface area contributed by atoms with Gasteiger partial charge in [0.05, 0.1) is 0 Å². The van der Waals surface area contributed by atoms with Gasteiger partial charge in [0.1, 0.15) is 0 Å². The first-order valence-corrected chi connectivity index (χ1v) is 5.73. The smallest absolute Gasteiger partial charge is 0.222 e. The molecule has 2 aromatic carbocycles. The highest BCUT2D eigenvalue weighted by molar-refractivity contribution is 5.26. The number of isocyanates is 2. The van der Waals surface area contributed by atoms with E-state index in [2.05, 4.69) is 38.1 Å². The molecule has 0 atom stereocenters. The monoisotopic (exact) mass is 286 g/mol. The van der Waals surface area contributed by atoms with Crippen molar-refractivity contribution >= 4 is 12.2 Å². The van der Waals surface area contributed by atoms with Gasteiger partial charge in [-0.15, -0.1) is 0 Å². The molecule has 4 heteroatoms. The highest BCUT2D eigenvalue weighted by atomic mass is 16.1. The van der Waals surface area contributed by atoms with E-state index in [1.54, 1.807) is 0 Å². The second-order valence-electron chi connectivity index (χ2n) is 3.51. The Bertz CT molecular complexity index is 449. The van der Waals surface area contributed by atoms with Crippen molar-refractivity contribution in [2.24, 2.45) is 0 Å². The van der Waals surface area contributed by atoms with Gasteiger partial charge in [-0.05, 0) is 13.8 Å². The molecule has 0 amide bonds. The van der Waals surface area contributed by atoms with Crippen LogP contribution in [0.3, 0.4) is 0 Å². The standard InChI is InChI=1S/2C7H8.2CHNO.CH4/c2*1-7-5-3-2-4-6-7;2*2-1-3;/h2*2-6H,1H3;2*2H;1H4. The molecule has 0 aromatic heterocycles. The maximum atomic E-state index is 8.35. The number of rotatable bonds is 0. The number of nitrogens with one attached hydrogen (secondary N) is 2. The molecule has 0 aliphatic carbocycles. The zero-order chi connectivity index (χ0) is 15.6. The highest BCUT2D eigenvalue weighted by Crippen LogP contribution is 1.92. The average Bonchev–Trinajstić information content (AvgIpc) is 2.43. The molecule has 2 aromatic rings. The Labute approximate surface area is 126 Å². The van der Waals surface area contributed by atoms with Crippen molar-refractivity contribution in [2.45, 2.75) is 21.3 Å². The summed E-state index contributed by atoms with van der Waals surface area (Å²) in [6.45, 7) is 4.17. The first-order valence-electron chi connectivity index (χ1n) is 5.73. The van der Waals surface area contributed by atoms with Crippen LogP contribution in [0.25, 0.3) is 0 Å². The van der Waals surface area contributed by atoms with Gasteiger partial charge in [-0.3, -0.25) is 0 Å². The fourth-order valence-corrected chi connectivity index (χ4v) is 1.07. The normalized spacial score (nSPS) is 6.57. The Morgan fingerprint density at radius 3 is 0.952 bits per heavy atom. The Balaban J connectivity index is -0.000000220. The van der Waals surface area contributed by atoms with E-state index < -0.39 is 0 Å². The molecular weight excluding hydrogens is 264 g/mol. The summed E-state index contributed by atoms with van der Waals surface area (Å²) in [6, 6.07) is 20.5. The summed E-state index contributed by atoms with van der Waals surface area (Å²) in [5.74, 6) is 0. The molecule has 0 bridgehead atoms. The molecule has 4 nitrogen and oxygen atoms in total. The van der Waals surface area contributed by atoms with E-state index in [9.17, 15) is 0 Å². The maximum absolute atomic E-state index is 8.35. The predicted molar refractivity (Wildman–Crippen MR) is 85.9 cm³/mol. The molecule has 0 fully saturated rings. The van der Waals surface area contributed by atoms with Crippen LogP contribution < -0.4 is 0 Å². The van der Waals surface area contributed by atoms with E-state index in [1.807, 2.05) is 36.4 Å². The summed E-state index contributed by atoms with van der Waals surface area (Å²) in [7, 11) is 0. The third-order valence-electron chi connectivity index (χ3n) is 1.88. The highest BCUT2D eigenvalue weighted by Gasteiger charge is 1.72. The molecule has 0 aliphatic heterocycles. The first kappa shape index (κ1) is 23.3. The molecular formula is C17H22N2O2. The lowest BCUT2D eigenvalue weighted by Gasteiger charge is -1.82. The Morgan fingerprint density at radius 1 is 0.667 bits per heavy atom. The van der Waals surface area contributed by atoms with Crippen molar-refractivity contribution in [3.8, 4) is 0 Å². The largest absolute Gasteiger partial charge is 0.231 e. The minimum absolute atomic E-state index is 0. The zero-order valence-electron chi connectivity index (χ0n) is 11.6. The van der Waals surface area contributed by atoms with E-state index in [-0.39, 0.29) is 7.43 Å². The van der Waals surface area contributed by atoms with Gasteiger partial charge in [-0.25, -0.2) is 20.4 Å². The maximum Gasteiger partial charge on any atom is 0.231 e. The summed E-state index contributed by atoms with van der Waals surface area (Å²) in [4.78, 5) is 16.7. The number of aryl methyl sites for hydroxylation is 2. The Morgan fingerprint density at radius 2 is 0.857 bits per heavy atom. The van der Waals surface area contributed by atoms with Crippen molar-refractivity contribution in [3.63, 3.8) is 0 Å². The van der Waals surface area contributed by atoms with Crippen LogP contribution in [-0.4, -0.2) is 12.2 Å². The van der Waals surface area contributed by atoms with Crippen molar-refractivity contribution in [3.05, 3.63) is 71.8 Å². The van der Waals surface area contributed by atoms with E-state index in [4.69, 9.17) is 20.4 Å². The van der Waals surface area contributed by atoms with Gasteiger partial charge in [0.25, 0.3) is 0 Å². The average molecular weight is 286 g/mol. The molecule has 0 heterocycles. The van der Waals surface area contributed by atoms with Crippen LogP contribution in [0.15, 0.2) is 60.7 Å². The van der Waals surface area contributed by atoms with Crippen molar-refractivity contribution < 1.29 is 9.59 Å². The minimum atomic E-state index is 0. The van der Waals surface area contributed by atoms with Gasteiger partial charge in [0, 0.05) is 0 Å². The van der Waals surface area contributed by atoms with Crippen LogP contribution >= 0.6 is 0 Å². The third kappa shape index (κ3) is 22.8. The van der Waals surface area contributed by atoms with Crippen molar-refractivity contribution in [1.29, 1.82) is 10.8 Å². The molecule has 21 heavy (non-hydrogen) atoms. The van der Waals surface area contributed by atoms with E-state index in [0.29, 0.717) is 0 Å². The van der Waals surface area contributed by atoms with Crippen molar-refractivity contribution in [2.75, 3.05) is 0 Å². The summed E-state index contributed by atoms with van der Waals surface area (Å²) in [5, 5.41) is 10.8. The van der Waals surface area contributed by atoms with Crippen LogP contribution in [0.5, 0.6) is 0 Å². The molecule has 0 unspecified atom stereocenters. The molecule has 0 saturated carbocycles. The van der Waals surface area contributed by atoms with Crippen LogP contribution in [0.1, 0.15) is 18.6 Å². The number of benzene rings is 2. The quantitative estimate of drug-likeness (QED) is 0.555. The summed E-state index contributed by atoms with van der Waals surface area (Å²) in [6.07, 6.45) is 1.50. The van der Waals surface area contributed by atoms with Gasteiger partial charge in [0.2, 0.25) is 12.2 Å². The van der Waals surface area contributed by atoms with Gasteiger partial charge < -0.3 is 0 Å². The van der Waals surface area contributed by atoms with Gasteiger partial charge in [0.15, 0.2) is 0 Å². The fraction of sp³-hybridized carbons (Fsp3) is 0.176. The Kier molecular flexibility index (Phi) is 21.7. The topological polar surface area (TPSA) is 81.8 Å². The lowest BCUT2D eigenvalue weighted by molar-refractivity contribution is 0.562. The third-order valence-corrected chi connectivity index (χ3v) is 1.88. The SMILES string of the molecule is C.Cc1ccccc1.Cc1ccccc1.N=C=O.N=C=O. The molecule has 0 aliphatic rings. The van der Waals surface area contributed by atoms with Gasteiger partial charge in [-0.1, -0.05) is 79.2 Å². The molecule has 2 N–H and O–H groups in total. The van der Waals surface area contributed by atoms with Crippen LogP contribution in [-0.2, 0) is 9.59 Å². The van der Waals surface area contributed by atoms with E-state index >= 15 is 0 Å². The zero-order valence-corrected chi connectivity index (χ0v) is 11.6. The summed E-state index contributed by atoms with van der Waals surface area (Å²) in [5.41, 5.74) is 2.64. The molecule has 2 rings (SSSR count). The Hall–Kier alpha value is -2.80. The number of carbonyl (C=O) groups excluding carboxylic acids is 2. The van der Waals surface area contributed by atoms with Crippen molar-refractivity contribution in [1.82, 2.24) is 0 Å².